The fourth-order valence-corrected chi connectivity index (χ4v) is 2.89. The zero-order valence-electron chi connectivity index (χ0n) is 10.1. The molecule has 8 heteroatoms. The Bertz CT molecular complexity index is 509. The first kappa shape index (κ1) is 16.3. The number of ether oxygens (including phenoxy) is 1. The minimum Gasteiger partial charge on any atom is -0.394 e. The van der Waals surface area contributed by atoms with Gasteiger partial charge in [-0.3, -0.25) is 0 Å². The van der Waals surface area contributed by atoms with E-state index in [1.165, 1.54) is 6.07 Å². The van der Waals surface area contributed by atoms with Gasteiger partial charge in [-0.1, -0.05) is 11.6 Å². The molecule has 2 N–H and O–H groups in total. The van der Waals surface area contributed by atoms with Crippen LogP contribution in [0.2, 0.25) is 5.02 Å². The normalized spacial score (nSPS) is 11.7. The number of sulfonamides is 1. The lowest BCUT2D eigenvalue weighted by Crippen LogP contribution is -2.26. The molecule has 0 aliphatic carbocycles. The zero-order chi connectivity index (χ0) is 14.3. The molecule has 0 amide bonds. The number of benzene rings is 1. The third-order valence-electron chi connectivity index (χ3n) is 2.18. The van der Waals surface area contributed by atoms with Crippen LogP contribution in [-0.4, -0.2) is 39.9 Å². The maximum atomic E-state index is 13.0. The van der Waals surface area contributed by atoms with Crippen LogP contribution < -0.4 is 4.72 Å². The van der Waals surface area contributed by atoms with Crippen LogP contribution in [0, 0.1) is 5.82 Å². The number of aliphatic hydroxyl groups excluding tert-OH is 1. The van der Waals surface area contributed by atoms with Crippen molar-refractivity contribution in [3.05, 3.63) is 29.0 Å². The fraction of sp³-hybridized carbons (Fsp3) is 0.455. The lowest BCUT2D eigenvalue weighted by Gasteiger charge is -2.08. The third kappa shape index (κ3) is 5.42. The Labute approximate surface area is 116 Å². The van der Waals surface area contributed by atoms with Crippen molar-refractivity contribution >= 4 is 21.6 Å². The third-order valence-corrected chi connectivity index (χ3v) is 4.12. The summed E-state index contributed by atoms with van der Waals surface area (Å²) in [6.07, 6.45) is 0.437. The van der Waals surface area contributed by atoms with E-state index in [9.17, 15) is 12.8 Å². The van der Waals surface area contributed by atoms with Gasteiger partial charge in [-0.2, -0.15) is 0 Å². The van der Waals surface area contributed by atoms with Gasteiger partial charge in [0.1, 0.15) is 10.7 Å². The Kier molecular flexibility index (Phi) is 6.67. The summed E-state index contributed by atoms with van der Waals surface area (Å²) < 4.78 is 44.0. The van der Waals surface area contributed by atoms with E-state index in [-0.39, 0.29) is 29.7 Å². The van der Waals surface area contributed by atoms with Gasteiger partial charge in [-0.25, -0.2) is 17.5 Å². The van der Waals surface area contributed by atoms with Crippen molar-refractivity contribution in [2.45, 2.75) is 11.3 Å². The van der Waals surface area contributed by atoms with Gasteiger partial charge in [-0.05, 0) is 24.6 Å². The molecule has 0 aliphatic rings. The molecular formula is C11H15ClFNO4S. The van der Waals surface area contributed by atoms with E-state index in [0.29, 0.717) is 13.0 Å². The fourth-order valence-electron chi connectivity index (χ4n) is 1.31. The van der Waals surface area contributed by atoms with Crippen molar-refractivity contribution in [1.82, 2.24) is 4.72 Å². The topological polar surface area (TPSA) is 75.6 Å². The number of aliphatic hydroxyl groups is 1. The van der Waals surface area contributed by atoms with E-state index in [0.717, 1.165) is 12.1 Å². The lowest BCUT2D eigenvalue weighted by atomic mass is 10.3. The quantitative estimate of drug-likeness (QED) is 0.706. The van der Waals surface area contributed by atoms with E-state index >= 15 is 0 Å². The molecule has 1 aromatic carbocycles. The summed E-state index contributed by atoms with van der Waals surface area (Å²) in [6.45, 7) is 0.591. The van der Waals surface area contributed by atoms with Crippen LogP contribution in [0.4, 0.5) is 4.39 Å². The van der Waals surface area contributed by atoms with Crippen molar-refractivity contribution in [2.24, 2.45) is 0 Å². The predicted molar refractivity (Wildman–Crippen MR) is 69.1 cm³/mol. The average Bonchev–Trinajstić information content (AvgIpc) is 2.36. The summed E-state index contributed by atoms with van der Waals surface area (Å²) >= 11 is 5.72. The Hall–Kier alpha value is -0.730. The first-order chi connectivity index (χ1) is 8.97. The molecule has 0 bridgehead atoms. The van der Waals surface area contributed by atoms with E-state index in [1.54, 1.807) is 0 Å². The van der Waals surface area contributed by atoms with Gasteiger partial charge in [0.25, 0.3) is 0 Å². The number of nitrogens with one attached hydrogen (secondary N) is 1. The molecule has 19 heavy (non-hydrogen) atoms. The molecule has 0 radical (unpaired) electrons. The van der Waals surface area contributed by atoms with Crippen LogP contribution in [0.1, 0.15) is 6.42 Å². The van der Waals surface area contributed by atoms with Gasteiger partial charge in [0.15, 0.2) is 0 Å². The summed E-state index contributed by atoms with van der Waals surface area (Å²) in [4.78, 5) is -0.287. The zero-order valence-corrected chi connectivity index (χ0v) is 11.7. The van der Waals surface area contributed by atoms with Crippen molar-refractivity contribution in [3.8, 4) is 0 Å². The highest BCUT2D eigenvalue weighted by molar-refractivity contribution is 7.89. The van der Waals surface area contributed by atoms with Crippen molar-refractivity contribution in [2.75, 3.05) is 26.4 Å². The SMILES string of the molecule is O=S(=O)(NCCCOCCO)c1cc(F)ccc1Cl. The standard InChI is InChI=1S/C11H15ClFNO4S/c12-10-3-2-9(13)8-11(10)19(16,17)14-4-1-6-18-7-5-15/h2-3,8,14-15H,1,4-7H2. The van der Waals surface area contributed by atoms with Crippen LogP contribution in [0.15, 0.2) is 23.1 Å². The second-order valence-electron chi connectivity index (χ2n) is 3.66. The first-order valence-corrected chi connectivity index (χ1v) is 7.47. The molecule has 0 spiro atoms. The second-order valence-corrected chi connectivity index (χ2v) is 5.80. The minimum atomic E-state index is -3.83. The van der Waals surface area contributed by atoms with Crippen LogP contribution >= 0.6 is 11.6 Å². The summed E-state index contributed by atoms with van der Waals surface area (Å²) in [5, 5.41) is 8.43. The predicted octanol–water partition coefficient (Wildman–Crippen LogP) is 1.16. The molecule has 0 heterocycles. The number of rotatable bonds is 8. The highest BCUT2D eigenvalue weighted by Crippen LogP contribution is 2.21. The van der Waals surface area contributed by atoms with Gasteiger partial charge >= 0.3 is 0 Å². The lowest BCUT2D eigenvalue weighted by molar-refractivity contribution is 0.0913. The van der Waals surface area contributed by atoms with Crippen LogP contribution in [-0.2, 0) is 14.8 Å². The van der Waals surface area contributed by atoms with Crippen molar-refractivity contribution in [1.29, 1.82) is 0 Å². The summed E-state index contributed by atoms with van der Waals surface area (Å²) in [7, 11) is -3.83. The Morgan fingerprint density at radius 3 is 2.79 bits per heavy atom. The largest absolute Gasteiger partial charge is 0.394 e. The molecule has 0 aliphatic heterocycles. The highest BCUT2D eigenvalue weighted by Gasteiger charge is 2.17. The average molecular weight is 312 g/mol. The van der Waals surface area contributed by atoms with E-state index in [4.69, 9.17) is 21.4 Å². The maximum absolute atomic E-state index is 13.0. The Morgan fingerprint density at radius 2 is 2.11 bits per heavy atom. The Morgan fingerprint density at radius 1 is 1.37 bits per heavy atom. The van der Waals surface area contributed by atoms with E-state index < -0.39 is 15.8 Å². The smallest absolute Gasteiger partial charge is 0.242 e. The molecule has 0 unspecified atom stereocenters. The van der Waals surface area contributed by atoms with E-state index in [1.807, 2.05) is 0 Å². The number of halogens is 2. The van der Waals surface area contributed by atoms with Gasteiger partial charge in [0.2, 0.25) is 10.0 Å². The van der Waals surface area contributed by atoms with Crippen LogP contribution in [0.3, 0.4) is 0 Å². The second kappa shape index (κ2) is 7.76. The van der Waals surface area contributed by atoms with Gasteiger partial charge in [0.05, 0.1) is 18.2 Å². The molecule has 108 valence electrons. The van der Waals surface area contributed by atoms with E-state index in [2.05, 4.69) is 4.72 Å². The van der Waals surface area contributed by atoms with Crippen molar-refractivity contribution in [3.63, 3.8) is 0 Å². The molecule has 0 saturated carbocycles. The molecule has 0 saturated heterocycles. The van der Waals surface area contributed by atoms with Crippen molar-refractivity contribution < 1.29 is 22.7 Å². The van der Waals surface area contributed by atoms with Gasteiger partial charge in [-0.15, -0.1) is 0 Å². The summed E-state index contributed by atoms with van der Waals surface area (Å²) in [6, 6.07) is 3.15. The molecule has 1 rings (SSSR count). The minimum absolute atomic E-state index is 0.0366. The molecular weight excluding hydrogens is 297 g/mol. The summed E-state index contributed by atoms with van der Waals surface area (Å²) in [5.74, 6) is -0.670. The van der Waals surface area contributed by atoms with Gasteiger partial charge < -0.3 is 9.84 Å². The summed E-state index contributed by atoms with van der Waals surface area (Å²) in [5.41, 5.74) is 0. The molecule has 1 aromatic rings. The highest BCUT2D eigenvalue weighted by atomic mass is 35.5. The molecule has 0 atom stereocenters. The molecule has 5 nitrogen and oxygen atoms in total. The number of hydrogen-bond donors (Lipinski definition) is 2. The van der Waals surface area contributed by atoms with Gasteiger partial charge in [0, 0.05) is 13.2 Å². The first-order valence-electron chi connectivity index (χ1n) is 5.60. The molecule has 0 aromatic heterocycles. The van der Waals surface area contributed by atoms with Crippen LogP contribution in [0.5, 0.6) is 0 Å². The Balaban J connectivity index is 2.54. The number of hydrogen-bond acceptors (Lipinski definition) is 4. The van der Waals surface area contributed by atoms with Crippen LogP contribution in [0.25, 0.3) is 0 Å². The molecule has 0 fully saturated rings. The monoisotopic (exact) mass is 311 g/mol. The maximum Gasteiger partial charge on any atom is 0.242 e.